The van der Waals surface area contributed by atoms with Crippen LogP contribution in [0.1, 0.15) is 45.6 Å². The molecule has 2 unspecified atom stereocenters. The van der Waals surface area contributed by atoms with Crippen molar-refractivity contribution >= 4 is 11.6 Å². The monoisotopic (exact) mass is 240 g/mol. The number of benzene rings is 1. The van der Waals surface area contributed by atoms with Gasteiger partial charge in [0.25, 0.3) is 0 Å². The minimum atomic E-state index is 0.196. The Hall–Kier alpha value is -0.690. The number of hydrogen-bond donors (Lipinski definition) is 0. The van der Waals surface area contributed by atoms with Gasteiger partial charge in [0.2, 0.25) is 0 Å². The molecule has 1 aromatic rings. The minimum Gasteiger partial charge on any atom is -0.491 e. The van der Waals surface area contributed by atoms with Crippen molar-refractivity contribution in [3.05, 3.63) is 29.8 Å². The molecule has 16 heavy (non-hydrogen) atoms. The SMILES string of the molecule is CC(Cl)CC(C)c1ccccc1OC(C)C. The summed E-state index contributed by atoms with van der Waals surface area (Å²) >= 11 is 6.04. The number of halogens is 1. The Balaban J connectivity index is 2.85. The lowest BCUT2D eigenvalue weighted by Gasteiger charge is -2.19. The van der Waals surface area contributed by atoms with Gasteiger partial charge in [-0.05, 0) is 44.7 Å². The highest BCUT2D eigenvalue weighted by Crippen LogP contribution is 2.30. The van der Waals surface area contributed by atoms with Crippen LogP contribution in [-0.2, 0) is 0 Å². The van der Waals surface area contributed by atoms with Crippen molar-refractivity contribution in [1.29, 1.82) is 0 Å². The lowest BCUT2D eigenvalue weighted by atomic mass is 9.95. The van der Waals surface area contributed by atoms with Crippen LogP contribution < -0.4 is 4.74 Å². The molecule has 2 heteroatoms. The molecule has 0 N–H and O–H groups in total. The molecule has 1 nitrogen and oxygen atoms in total. The average molecular weight is 241 g/mol. The summed E-state index contributed by atoms with van der Waals surface area (Å²) in [4.78, 5) is 0. The molecule has 0 amide bonds. The highest BCUT2D eigenvalue weighted by Gasteiger charge is 2.14. The van der Waals surface area contributed by atoms with Crippen LogP contribution in [0.5, 0.6) is 5.75 Å². The Kier molecular flexibility index (Phi) is 5.14. The van der Waals surface area contributed by atoms with Gasteiger partial charge >= 0.3 is 0 Å². The van der Waals surface area contributed by atoms with Crippen molar-refractivity contribution in [3.8, 4) is 5.75 Å². The van der Waals surface area contributed by atoms with Gasteiger partial charge in [-0.15, -0.1) is 11.6 Å². The number of alkyl halides is 1. The molecule has 0 spiro atoms. The van der Waals surface area contributed by atoms with Crippen LogP contribution >= 0.6 is 11.6 Å². The van der Waals surface area contributed by atoms with E-state index in [4.69, 9.17) is 16.3 Å². The topological polar surface area (TPSA) is 9.23 Å². The Morgan fingerprint density at radius 3 is 2.31 bits per heavy atom. The van der Waals surface area contributed by atoms with Gasteiger partial charge in [0.15, 0.2) is 0 Å². The van der Waals surface area contributed by atoms with E-state index >= 15 is 0 Å². The van der Waals surface area contributed by atoms with E-state index in [1.807, 2.05) is 32.9 Å². The molecule has 0 heterocycles. The third-order valence-corrected chi connectivity index (χ3v) is 2.67. The molecule has 0 aromatic heterocycles. The van der Waals surface area contributed by atoms with E-state index in [0.717, 1.165) is 12.2 Å². The molecular formula is C14H21ClO. The molecule has 90 valence electrons. The van der Waals surface area contributed by atoms with E-state index in [2.05, 4.69) is 19.1 Å². The van der Waals surface area contributed by atoms with Crippen LogP contribution in [0.15, 0.2) is 24.3 Å². The van der Waals surface area contributed by atoms with Gasteiger partial charge in [0.1, 0.15) is 5.75 Å². The van der Waals surface area contributed by atoms with Crippen molar-refractivity contribution < 1.29 is 4.74 Å². The van der Waals surface area contributed by atoms with E-state index in [-0.39, 0.29) is 11.5 Å². The van der Waals surface area contributed by atoms with Gasteiger partial charge in [0, 0.05) is 5.38 Å². The van der Waals surface area contributed by atoms with Gasteiger partial charge in [-0.2, -0.15) is 0 Å². The number of para-hydroxylation sites is 1. The van der Waals surface area contributed by atoms with Crippen LogP contribution in [0.2, 0.25) is 0 Å². The maximum Gasteiger partial charge on any atom is 0.123 e. The summed E-state index contributed by atoms with van der Waals surface area (Å²) < 4.78 is 5.80. The van der Waals surface area contributed by atoms with E-state index in [1.165, 1.54) is 5.56 Å². The number of ether oxygens (including phenoxy) is 1. The fourth-order valence-electron chi connectivity index (χ4n) is 1.86. The molecule has 1 aromatic carbocycles. The highest BCUT2D eigenvalue weighted by atomic mass is 35.5. The first kappa shape index (κ1) is 13.4. The summed E-state index contributed by atoms with van der Waals surface area (Å²) in [5, 5.41) is 0.196. The summed E-state index contributed by atoms with van der Waals surface area (Å²) in [5.74, 6) is 1.42. The van der Waals surface area contributed by atoms with E-state index in [0.29, 0.717) is 5.92 Å². The van der Waals surface area contributed by atoms with Crippen LogP contribution in [0.25, 0.3) is 0 Å². The van der Waals surface area contributed by atoms with Gasteiger partial charge in [-0.1, -0.05) is 25.1 Å². The molecule has 0 radical (unpaired) electrons. The maximum atomic E-state index is 6.04. The normalized spacial score (nSPS) is 14.9. The van der Waals surface area contributed by atoms with Gasteiger partial charge in [-0.25, -0.2) is 0 Å². The second kappa shape index (κ2) is 6.15. The van der Waals surface area contributed by atoms with Gasteiger partial charge in [0.05, 0.1) is 6.10 Å². The molecular weight excluding hydrogens is 220 g/mol. The van der Waals surface area contributed by atoms with E-state index in [9.17, 15) is 0 Å². The molecule has 0 bridgehead atoms. The Labute approximate surface area is 104 Å². The lowest BCUT2D eigenvalue weighted by molar-refractivity contribution is 0.238. The Morgan fingerprint density at radius 1 is 1.12 bits per heavy atom. The van der Waals surface area contributed by atoms with Gasteiger partial charge in [-0.3, -0.25) is 0 Å². The first-order chi connectivity index (χ1) is 7.50. The predicted octanol–water partition coefficient (Wildman–Crippen LogP) is 4.59. The standard InChI is InChI=1S/C14H21ClO/c1-10(2)16-14-8-6-5-7-13(14)11(3)9-12(4)15/h5-8,10-12H,9H2,1-4H3. The third kappa shape index (κ3) is 4.05. The number of rotatable bonds is 5. The predicted molar refractivity (Wildman–Crippen MR) is 70.6 cm³/mol. The first-order valence-electron chi connectivity index (χ1n) is 5.90. The smallest absolute Gasteiger partial charge is 0.123 e. The molecule has 2 atom stereocenters. The lowest BCUT2D eigenvalue weighted by Crippen LogP contribution is -2.09. The fourth-order valence-corrected chi connectivity index (χ4v) is 2.13. The molecule has 0 saturated heterocycles. The zero-order valence-electron chi connectivity index (χ0n) is 10.5. The highest BCUT2D eigenvalue weighted by molar-refractivity contribution is 6.20. The number of hydrogen-bond acceptors (Lipinski definition) is 1. The summed E-state index contributed by atoms with van der Waals surface area (Å²) in [7, 11) is 0. The van der Waals surface area contributed by atoms with E-state index in [1.54, 1.807) is 0 Å². The first-order valence-corrected chi connectivity index (χ1v) is 6.34. The molecule has 0 saturated carbocycles. The van der Waals surface area contributed by atoms with Crippen molar-refractivity contribution in [2.75, 3.05) is 0 Å². The second-order valence-electron chi connectivity index (χ2n) is 4.62. The zero-order valence-corrected chi connectivity index (χ0v) is 11.3. The summed E-state index contributed by atoms with van der Waals surface area (Å²) in [5.41, 5.74) is 1.25. The molecule has 0 aliphatic rings. The van der Waals surface area contributed by atoms with Crippen LogP contribution in [0.3, 0.4) is 0 Å². The van der Waals surface area contributed by atoms with Crippen molar-refractivity contribution in [1.82, 2.24) is 0 Å². The quantitative estimate of drug-likeness (QED) is 0.684. The van der Waals surface area contributed by atoms with Crippen molar-refractivity contribution in [2.24, 2.45) is 0 Å². The maximum absolute atomic E-state index is 6.04. The van der Waals surface area contributed by atoms with Crippen molar-refractivity contribution in [3.63, 3.8) is 0 Å². The third-order valence-electron chi connectivity index (χ3n) is 2.49. The summed E-state index contributed by atoms with van der Waals surface area (Å²) in [6.07, 6.45) is 1.18. The van der Waals surface area contributed by atoms with Crippen LogP contribution in [-0.4, -0.2) is 11.5 Å². The second-order valence-corrected chi connectivity index (χ2v) is 5.37. The fraction of sp³-hybridized carbons (Fsp3) is 0.571. The summed E-state index contributed by atoms with van der Waals surface area (Å²) in [6.45, 7) is 8.32. The van der Waals surface area contributed by atoms with Crippen molar-refractivity contribution in [2.45, 2.75) is 51.5 Å². The minimum absolute atomic E-state index is 0.196. The van der Waals surface area contributed by atoms with Gasteiger partial charge < -0.3 is 4.74 Å². The summed E-state index contributed by atoms with van der Waals surface area (Å²) in [6, 6.07) is 8.22. The van der Waals surface area contributed by atoms with Crippen LogP contribution in [0, 0.1) is 0 Å². The Morgan fingerprint density at radius 2 is 1.75 bits per heavy atom. The molecule has 0 aliphatic carbocycles. The molecule has 0 aliphatic heterocycles. The largest absolute Gasteiger partial charge is 0.491 e. The molecule has 1 rings (SSSR count). The van der Waals surface area contributed by atoms with Crippen LogP contribution in [0.4, 0.5) is 0 Å². The molecule has 0 fully saturated rings. The average Bonchev–Trinajstić information content (AvgIpc) is 2.16. The van der Waals surface area contributed by atoms with E-state index < -0.39 is 0 Å². The Bertz CT molecular complexity index is 320. The zero-order chi connectivity index (χ0) is 12.1.